The van der Waals surface area contributed by atoms with Crippen molar-refractivity contribution >= 4 is 23.2 Å². The lowest BCUT2D eigenvalue weighted by atomic mass is 10.2. The van der Waals surface area contributed by atoms with Crippen LogP contribution in [0.4, 0.5) is 11.4 Å². The molecular weight excluding hydrogens is 300 g/mol. The number of nitro groups is 1. The molecule has 1 atom stereocenters. The fraction of sp³-hybridized carbons (Fsp3) is 0.467. The summed E-state index contributed by atoms with van der Waals surface area (Å²) in [6, 6.07) is 5.39. The molecule has 0 radical (unpaired) electrons. The van der Waals surface area contributed by atoms with Gasteiger partial charge in [0.15, 0.2) is 0 Å². The van der Waals surface area contributed by atoms with Crippen LogP contribution in [0.3, 0.4) is 0 Å². The van der Waals surface area contributed by atoms with Crippen LogP contribution in [0.15, 0.2) is 24.3 Å². The fourth-order valence-corrected chi connectivity index (χ4v) is 2.50. The average molecular weight is 320 g/mol. The molecule has 8 heteroatoms. The summed E-state index contributed by atoms with van der Waals surface area (Å²) in [5.74, 6) is -0.122. The molecule has 2 rings (SSSR count). The van der Waals surface area contributed by atoms with Gasteiger partial charge in [-0.25, -0.2) is 0 Å². The summed E-state index contributed by atoms with van der Waals surface area (Å²) in [6.45, 7) is 5.88. The highest BCUT2D eigenvalue weighted by Crippen LogP contribution is 2.16. The van der Waals surface area contributed by atoms with E-state index >= 15 is 0 Å². The van der Waals surface area contributed by atoms with E-state index in [0.717, 1.165) is 0 Å². The van der Waals surface area contributed by atoms with E-state index in [9.17, 15) is 19.7 Å². The van der Waals surface area contributed by atoms with Crippen molar-refractivity contribution in [1.82, 2.24) is 9.80 Å². The number of rotatable bonds is 4. The number of piperazine rings is 1. The summed E-state index contributed by atoms with van der Waals surface area (Å²) in [7, 11) is 0. The van der Waals surface area contributed by atoms with Gasteiger partial charge in [0.1, 0.15) is 0 Å². The zero-order valence-corrected chi connectivity index (χ0v) is 13.2. The van der Waals surface area contributed by atoms with Gasteiger partial charge < -0.3 is 10.2 Å². The number of carbonyl (C=O) groups is 2. The maximum atomic E-state index is 12.3. The summed E-state index contributed by atoms with van der Waals surface area (Å²) in [5, 5.41) is 13.4. The maximum Gasteiger partial charge on any atom is 0.269 e. The van der Waals surface area contributed by atoms with Crippen molar-refractivity contribution in [1.29, 1.82) is 0 Å². The third-order valence-electron chi connectivity index (χ3n) is 4.03. The first-order valence-electron chi connectivity index (χ1n) is 7.43. The SMILES string of the molecule is CC(=O)N1CCN(C(C)C(=O)Nc2ccc([N+](=O)[O-])cc2)CC1. The molecule has 1 aliphatic heterocycles. The molecule has 1 N–H and O–H groups in total. The van der Waals surface area contributed by atoms with Gasteiger partial charge in [-0.2, -0.15) is 0 Å². The van der Waals surface area contributed by atoms with Gasteiger partial charge in [-0.05, 0) is 19.1 Å². The van der Waals surface area contributed by atoms with Crippen LogP contribution in [0.2, 0.25) is 0 Å². The lowest BCUT2D eigenvalue weighted by Crippen LogP contribution is -2.53. The molecule has 23 heavy (non-hydrogen) atoms. The molecule has 124 valence electrons. The Morgan fingerprint density at radius 2 is 1.74 bits per heavy atom. The minimum absolute atomic E-state index is 0.0172. The molecule has 0 spiro atoms. The average Bonchev–Trinajstić information content (AvgIpc) is 2.54. The summed E-state index contributed by atoms with van der Waals surface area (Å²) < 4.78 is 0. The van der Waals surface area contributed by atoms with Crippen LogP contribution >= 0.6 is 0 Å². The second kappa shape index (κ2) is 7.19. The Labute approximate surface area is 134 Å². The monoisotopic (exact) mass is 320 g/mol. The Morgan fingerprint density at radius 1 is 1.17 bits per heavy atom. The number of hydrogen-bond acceptors (Lipinski definition) is 5. The molecule has 2 amide bonds. The summed E-state index contributed by atoms with van der Waals surface area (Å²) in [6.07, 6.45) is 0. The largest absolute Gasteiger partial charge is 0.340 e. The van der Waals surface area contributed by atoms with E-state index < -0.39 is 4.92 Å². The van der Waals surface area contributed by atoms with Crippen molar-refractivity contribution in [3.05, 3.63) is 34.4 Å². The van der Waals surface area contributed by atoms with Crippen molar-refractivity contribution in [2.75, 3.05) is 31.5 Å². The Kier molecular flexibility index (Phi) is 5.28. The minimum Gasteiger partial charge on any atom is -0.340 e. The number of nitrogens with one attached hydrogen (secondary N) is 1. The molecule has 0 aromatic heterocycles. The van der Waals surface area contributed by atoms with Gasteiger partial charge in [-0.3, -0.25) is 24.6 Å². The minimum atomic E-state index is -0.483. The third kappa shape index (κ3) is 4.26. The van der Waals surface area contributed by atoms with Crippen LogP contribution in [0.5, 0.6) is 0 Å². The molecule has 1 aromatic rings. The first-order chi connectivity index (χ1) is 10.9. The molecule has 0 bridgehead atoms. The predicted molar refractivity (Wildman–Crippen MR) is 85.0 cm³/mol. The van der Waals surface area contributed by atoms with Crippen LogP contribution < -0.4 is 5.32 Å². The second-order valence-electron chi connectivity index (χ2n) is 5.51. The van der Waals surface area contributed by atoms with E-state index in [2.05, 4.69) is 5.32 Å². The highest BCUT2D eigenvalue weighted by molar-refractivity contribution is 5.94. The molecule has 1 heterocycles. The summed E-state index contributed by atoms with van der Waals surface area (Å²) in [4.78, 5) is 37.5. The van der Waals surface area contributed by atoms with Gasteiger partial charge in [0.05, 0.1) is 11.0 Å². The smallest absolute Gasteiger partial charge is 0.269 e. The molecule has 1 aliphatic rings. The lowest BCUT2D eigenvalue weighted by molar-refractivity contribution is -0.384. The maximum absolute atomic E-state index is 12.3. The molecule has 1 unspecified atom stereocenters. The van der Waals surface area contributed by atoms with Crippen LogP contribution in [0.1, 0.15) is 13.8 Å². The molecule has 0 saturated carbocycles. The van der Waals surface area contributed by atoms with Gasteiger partial charge >= 0.3 is 0 Å². The number of benzene rings is 1. The highest BCUT2D eigenvalue weighted by atomic mass is 16.6. The first kappa shape index (κ1) is 16.9. The van der Waals surface area contributed by atoms with E-state index in [0.29, 0.717) is 31.9 Å². The Bertz CT molecular complexity index is 594. The predicted octanol–water partition coefficient (Wildman–Crippen LogP) is 1.09. The van der Waals surface area contributed by atoms with Gasteiger partial charge in [-0.1, -0.05) is 0 Å². The highest BCUT2D eigenvalue weighted by Gasteiger charge is 2.26. The van der Waals surface area contributed by atoms with Crippen LogP contribution in [0, 0.1) is 10.1 Å². The van der Waals surface area contributed by atoms with E-state index in [1.54, 1.807) is 11.8 Å². The molecular formula is C15H20N4O4. The normalized spacial score (nSPS) is 16.7. The summed E-state index contributed by atoms with van der Waals surface area (Å²) in [5.41, 5.74) is 0.506. The number of non-ortho nitro benzene ring substituents is 1. The van der Waals surface area contributed by atoms with E-state index in [-0.39, 0.29) is 23.5 Å². The van der Waals surface area contributed by atoms with Gasteiger partial charge in [0, 0.05) is 50.9 Å². The molecule has 0 aliphatic carbocycles. The Morgan fingerprint density at radius 3 is 2.22 bits per heavy atom. The van der Waals surface area contributed by atoms with E-state index in [1.165, 1.54) is 24.3 Å². The molecule has 1 saturated heterocycles. The number of hydrogen-bond donors (Lipinski definition) is 1. The Hall–Kier alpha value is -2.48. The third-order valence-corrected chi connectivity index (χ3v) is 4.03. The van der Waals surface area contributed by atoms with Crippen molar-refractivity contribution in [3.8, 4) is 0 Å². The van der Waals surface area contributed by atoms with Gasteiger partial charge in [-0.15, -0.1) is 0 Å². The second-order valence-corrected chi connectivity index (χ2v) is 5.51. The number of anilines is 1. The van der Waals surface area contributed by atoms with E-state index in [1.807, 2.05) is 11.8 Å². The fourth-order valence-electron chi connectivity index (χ4n) is 2.50. The number of amides is 2. The molecule has 8 nitrogen and oxygen atoms in total. The molecule has 1 fully saturated rings. The van der Waals surface area contributed by atoms with Crippen LogP contribution in [-0.2, 0) is 9.59 Å². The zero-order valence-electron chi connectivity index (χ0n) is 13.2. The van der Waals surface area contributed by atoms with Crippen LogP contribution in [0.25, 0.3) is 0 Å². The first-order valence-corrected chi connectivity index (χ1v) is 7.43. The van der Waals surface area contributed by atoms with Gasteiger partial charge in [0.2, 0.25) is 11.8 Å². The van der Waals surface area contributed by atoms with Crippen LogP contribution in [-0.4, -0.2) is 58.8 Å². The van der Waals surface area contributed by atoms with E-state index in [4.69, 9.17) is 0 Å². The number of nitrogens with zero attached hydrogens (tertiary/aromatic N) is 3. The zero-order chi connectivity index (χ0) is 17.0. The van der Waals surface area contributed by atoms with Crippen molar-refractivity contribution < 1.29 is 14.5 Å². The quantitative estimate of drug-likeness (QED) is 0.661. The molecule has 1 aromatic carbocycles. The number of carbonyl (C=O) groups excluding carboxylic acids is 2. The van der Waals surface area contributed by atoms with Crippen molar-refractivity contribution in [3.63, 3.8) is 0 Å². The summed E-state index contributed by atoms with van der Waals surface area (Å²) >= 11 is 0. The van der Waals surface area contributed by atoms with Crippen molar-refractivity contribution in [2.24, 2.45) is 0 Å². The topological polar surface area (TPSA) is 95.8 Å². The number of nitro benzene ring substituents is 1. The van der Waals surface area contributed by atoms with Crippen molar-refractivity contribution in [2.45, 2.75) is 19.9 Å². The van der Waals surface area contributed by atoms with Gasteiger partial charge in [0.25, 0.3) is 5.69 Å². The standard InChI is InChI=1S/C15H20N4O4/c1-11(17-7-9-18(10-8-17)12(2)20)15(21)16-13-3-5-14(6-4-13)19(22)23/h3-6,11H,7-10H2,1-2H3,(H,16,21). The lowest BCUT2D eigenvalue weighted by Gasteiger charge is -2.37. The Balaban J connectivity index is 1.90.